The van der Waals surface area contributed by atoms with Crippen LogP contribution in [-0.2, 0) is 0 Å². The molecule has 1 N–H and O–H groups in total. The Bertz CT molecular complexity index is 706. The Morgan fingerprint density at radius 2 is 2.13 bits per heavy atom. The maximum atomic E-state index is 12.5. The number of carbonyl (C=O) groups is 1. The summed E-state index contributed by atoms with van der Waals surface area (Å²) in [6.45, 7) is 3.39. The Morgan fingerprint density at radius 3 is 2.74 bits per heavy atom. The second-order valence-corrected chi connectivity index (χ2v) is 6.77. The van der Waals surface area contributed by atoms with Crippen molar-refractivity contribution in [1.29, 1.82) is 0 Å². The number of hydrogen-bond donors (Lipinski definition) is 1. The fourth-order valence-electron chi connectivity index (χ4n) is 3.99. The highest BCUT2D eigenvalue weighted by Crippen LogP contribution is 2.55. The molecule has 1 saturated carbocycles. The molecule has 0 radical (unpaired) electrons. The Labute approximate surface area is 135 Å². The molecule has 1 aromatic heterocycles. The van der Waals surface area contributed by atoms with Crippen molar-refractivity contribution < 1.29 is 9.21 Å². The summed E-state index contributed by atoms with van der Waals surface area (Å²) in [5.74, 6) is 1.12. The Balaban J connectivity index is 1.52. The van der Waals surface area contributed by atoms with Gasteiger partial charge in [-0.2, -0.15) is 0 Å². The number of likely N-dealkylation sites (tertiary alicyclic amines) is 1. The van der Waals surface area contributed by atoms with Crippen molar-refractivity contribution >= 4 is 12.0 Å². The van der Waals surface area contributed by atoms with Crippen LogP contribution in [0.2, 0.25) is 0 Å². The van der Waals surface area contributed by atoms with Crippen molar-refractivity contribution in [2.75, 3.05) is 18.4 Å². The predicted octanol–water partition coefficient (Wildman–Crippen LogP) is 3.78. The number of aromatic nitrogens is 1. The van der Waals surface area contributed by atoms with Crippen LogP contribution in [0, 0.1) is 12.3 Å². The van der Waals surface area contributed by atoms with Crippen LogP contribution in [0.1, 0.15) is 36.5 Å². The van der Waals surface area contributed by atoms with Crippen molar-refractivity contribution in [2.45, 2.75) is 32.1 Å². The first-order chi connectivity index (χ1) is 11.2. The number of aryl methyl sites for hydroxylation is 1. The van der Waals surface area contributed by atoms with Gasteiger partial charge in [-0.15, -0.1) is 0 Å². The van der Waals surface area contributed by atoms with Gasteiger partial charge in [0, 0.05) is 19.0 Å². The van der Waals surface area contributed by atoms with Crippen LogP contribution in [0.5, 0.6) is 0 Å². The van der Waals surface area contributed by atoms with Gasteiger partial charge in [0.15, 0.2) is 0 Å². The van der Waals surface area contributed by atoms with E-state index in [1.807, 2.05) is 17.9 Å². The minimum atomic E-state index is -0.114. The van der Waals surface area contributed by atoms with Crippen LogP contribution in [0.3, 0.4) is 0 Å². The number of amides is 2. The average Bonchev–Trinajstić information content (AvgIpc) is 3.12. The van der Waals surface area contributed by atoms with Crippen LogP contribution < -0.4 is 5.32 Å². The number of anilines is 1. The molecule has 2 heterocycles. The van der Waals surface area contributed by atoms with E-state index in [0.29, 0.717) is 11.7 Å². The van der Waals surface area contributed by atoms with Crippen molar-refractivity contribution in [3.63, 3.8) is 0 Å². The SMILES string of the molecule is Cc1cnc(NC(=O)N2C[C@H](c3ccccc3)C3(CCC3)C2)o1. The third-order valence-electron chi connectivity index (χ3n) is 5.32. The van der Waals surface area contributed by atoms with E-state index in [-0.39, 0.29) is 17.5 Å². The zero-order valence-corrected chi connectivity index (χ0v) is 13.3. The number of rotatable bonds is 2. The molecule has 5 nitrogen and oxygen atoms in total. The quantitative estimate of drug-likeness (QED) is 0.918. The van der Waals surface area contributed by atoms with Crippen LogP contribution in [-0.4, -0.2) is 29.0 Å². The standard InChI is InChI=1S/C18H21N3O2/c1-13-10-19-16(23-13)20-17(22)21-11-15(14-6-3-2-4-7-14)18(12-21)8-5-9-18/h2-4,6-7,10,15H,5,8-9,11-12H2,1H3,(H,19,20,22)/t15-/m1/s1. The maximum absolute atomic E-state index is 12.5. The largest absolute Gasteiger partial charge is 0.429 e. The van der Waals surface area contributed by atoms with Crippen LogP contribution in [0.25, 0.3) is 0 Å². The molecule has 0 bridgehead atoms. The summed E-state index contributed by atoms with van der Waals surface area (Å²) in [4.78, 5) is 18.5. The van der Waals surface area contributed by atoms with E-state index in [1.54, 1.807) is 6.20 Å². The lowest BCUT2D eigenvalue weighted by molar-refractivity contribution is 0.125. The van der Waals surface area contributed by atoms with Crippen LogP contribution in [0.4, 0.5) is 10.8 Å². The number of carbonyl (C=O) groups excluding carboxylic acids is 1. The Kier molecular flexibility index (Phi) is 3.36. The first kappa shape index (κ1) is 14.3. The minimum absolute atomic E-state index is 0.114. The second kappa shape index (κ2) is 5.41. The molecule has 1 atom stereocenters. The van der Waals surface area contributed by atoms with Gasteiger partial charge in [0.25, 0.3) is 0 Å². The first-order valence-electron chi connectivity index (χ1n) is 8.20. The normalized spacial score (nSPS) is 22.1. The van der Waals surface area contributed by atoms with E-state index in [9.17, 15) is 4.79 Å². The lowest BCUT2D eigenvalue weighted by Crippen LogP contribution is -2.39. The van der Waals surface area contributed by atoms with Gasteiger partial charge in [-0.05, 0) is 30.7 Å². The molecule has 0 unspecified atom stereocenters. The van der Waals surface area contributed by atoms with Gasteiger partial charge in [-0.3, -0.25) is 5.32 Å². The van der Waals surface area contributed by atoms with Gasteiger partial charge in [0.05, 0.1) is 6.20 Å². The number of nitrogens with one attached hydrogen (secondary N) is 1. The number of hydrogen-bond acceptors (Lipinski definition) is 3. The first-order valence-corrected chi connectivity index (χ1v) is 8.20. The molecule has 4 rings (SSSR count). The zero-order valence-electron chi connectivity index (χ0n) is 13.3. The molecule has 5 heteroatoms. The summed E-state index contributed by atoms with van der Waals surface area (Å²) in [5, 5.41) is 2.77. The van der Waals surface area contributed by atoms with E-state index in [2.05, 4.69) is 34.6 Å². The van der Waals surface area contributed by atoms with Gasteiger partial charge in [0.2, 0.25) is 0 Å². The average molecular weight is 311 g/mol. The molecule has 1 saturated heterocycles. The molecular weight excluding hydrogens is 290 g/mol. The Morgan fingerprint density at radius 1 is 1.35 bits per heavy atom. The smallest absolute Gasteiger partial charge is 0.325 e. The number of benzene rings is 1. The highest BCUT2D eigenvalue weighted by atomic mass is 16.4. The van der Waals surface area contributed by atoms with Crippen molar-refractivity contribution in [1.82, 2.24) is 9.88 Å². The fraction of sp³-hybridized carbons (Fsp3) is 0.444. The molecule has 2 amide bonds. The van der Waals surface area contributed by atoms with E-state index < -0.39 is 0 Å². The lowest BCUT2D eigenvalue weighted by atomic mass is 9.61. The molecule has 1 aliphatic carbocycles. The zero-order chi connectivity index (χ0) is 15.9. The molecule has 2 aliphatic rings. The van der Waals surface area contributed by atoms with Gasteiger partial charge in [0.1, 0.15) is 5.76 Å². The molecular formula is C18H21N3O2. The minimum Gasteiger partial charge on any atom is -0.429 e. The fourth-order valence-corrected chi connectivity index (χ4v) is 3.99. The maximum Gasteiger partial charge on any atom is 0.325 e. The highest BCUT2D eigenvalue weighted by molar-refractivity contribution is 5.87. The summed E-state index contributed by atoms with van der Waals surface area (Å²) in [6, 6.07) is 10.7. The summed E-state index contributed by atoms with van der Waals surface area (Å²) in [6.07, 6.45) is 5.28. The van der Waals surface area contributed by atoms with Gasteiger partial charge >= 0.3 is 12.0 Å². The molecule has 23 heavy (non-hydrogen) atoms. The molecule has 2 aromatic rings. The highest BCUT2D eigenvalue weighted by Gasteiger charge is 2.51. The molecule has 1 aliphatic heterocycles. The summed E-state index contributed by atoms with van der Waals surface area (Å²) < 4.78 is 5.35. The number of oxazole rings is 1. The number of urea groups is 1. The Hall–Kier alpha value is -2.30. The van der Waals surface area contributed by atoms with Crippen LogP contribution in [0.15, 0.2) is 40.9 Å². The van der Waals surface area contributed by atoms with Crippen molar-refractivity contribution in [3.8, 4) is 0 Å². The van der Waals surface area contributed by atoms with Crippen molar-refractivity contribution in [2.24, 2.45) is 5.41 Å². The van der Waals surface area contributed by atoms with E-state index >= 15 is 0 Å². The summed E-state index contributed by atoms with van der Waals surface area (Å²) in [7, 11) is 0. The molecule has 1 spiro atoms. The van der Waals surface area contributed by atoms with Gasteiger partial charge < -0.3 is 9.32 Å². The molecule has 1 aromatic carbocycles. The van der Waals surface area contributed by atoms with Gasteiger partial charge in [-0.1, -0.05) is 36.8 Å². The number of nitrogens with zero attached hydrogens (tertiary/aromatic N) is 2. The van der Waals surface area contributed by atoms with Crippen molar-refractivity contribution in [3.05, 3.63) is 47.9 Å². The summed E-state index contributed by atoms with van der Waals surface area (Å²) >= 11 is 0. The molecule has 120 valence electrons. The van der Waals surface area contributed by atoms with Crippen LogP contribution >= 0.6 is 0 Å². The predicted molar refractivity (Wildman–Crippen MR) is 87.3 cm³/mol. The van der Waals surface area contributed by atoms with E-state index in [0.717, 1.165) is 13.1 Å². The topological polar surface area (TPSA) is 58.4 Å². The van der Waals surface area contributed by atoms with E-state index in [4.69, 9.17) is 4.42 Å². The monoisotopic (exact) mass is 311 g/mol. The van der Waals surface area contributed by atoms with Gasteiger partial charge in [-0.25, -0.2) is 9.78 Å². The molecule has 2 fully saturated rings. The third-order valence-corrected chi connectivity index (χ3v) is 5.32. The second-order valence-electron chi connectivity index (χ2n) is 6.77. The lowest BCUT2D eigenvalue weighted by Gasteiger charge is -2.42. The summed E-state index contributed by atoms with van der Waals surface area (Å²) in [5.41, 5.74) is 1.60. The third kappa shape index (κ3) is 2.50. The van der Waals surface area contributed by atoms with E-state index in [1.165, 1.54) is 24.8 Å².